The van der Waals surface area contributed by atoms with Gasteiger partial charge in [-0.1, -0.05) is 11.6 Å². The molecule has 18 heavy (non-hydrogen) atoms. The van der Waals surface area contributed by atoms with Gasteiger partial charge in [0.05, 0.1) is 0 Å². The zero-order valence-corrected chi connectivity index (χ0v) is 13.1. The lowest BCUT2D eigenvalue weighted by atomic mass is 10.0. The normalized spacial score (nSPS) is 12.7. The third-order valence-electron chi connectivity index (χ3n) is 2.87. The zero-order chi connectivity index (χ0) is 13.1. The van der Waals surface area contributed by atoms with Crippen LogP contribution in [0, 0.1) is 3.57 Å². The van der Waals surface area contributed by atoms with E-state index in [0.717, 1.165) is 17.3 Å². The van der Waals surface area contributed by atoms with E-state index in [1.165, 1.54) is 9.13 Å². The molecule has 0 saturated carbocycles. The Morgan fingerprint density at radius 2 is 2.28 bits per heavy atom. The molecular weight excluding hydrogens is 363 g/mol. The lowest BCUT2D eigenvalue weighted by Crippen LogP contribution is -2.21. The van der Waals surface area contributed by atoms with Gasteiger partial charge in [0, 0.05) is 28.1 Å². The minimum Gasteiger partial charge on any atom is -0.313 e. The summed E-state index contributed by atoms with van der Waals surface area (Å²) in [7, 11) is 3.84. The third kappa shape index (κ3) is 3.02. The van der Waals surface area contributed by atoms with E-state index in [-0.39, 0.29) is 6.04 Å². The summed E-state index contributed by atoms with van der Waals surface area (Å²) < 4.78 is 2.99. The van der Waals surface area contributed by atoms with Gasteiger partial charge in [-0.25, -0.2) is 4.98 Å². The summed E-state index contributed by atoms with van der Waals surface area (Å²) in [4.78, 5) is 4.26. The monoisotopic (exact) mass is 376 g/mol. The van der Waals surface area contributed by atoms with Crippen molar-refractivity contribution in [3.63, 3.8) is 0 Å². The Kier molecular flexibility index (Phi) is 4.58. The predicted molar refractivity (Wildman–Crippen MR) is 80.7 cm³/mol. The van der Waals surface area contributed by atoms with Gasteiger partial charge in [-0.15, -0.1) is 0 Å². The van der Waals surface area contributed by atoms with E-state index < -0.39 is 0 Å². The minimum absolute atomic E-state index is 0.179. The molecule has 1 aromatic heterocycles. The number of aromatic nitrogens is 3. The second-order valence-corrected chi connectivity index (χ2v) is 5.61. The Morgan fingerprint density at radius 1 is 1.50 bits per heavy atom. The van der Waals surface area contributed by atoms with Gasteiger partial charge < -0.3 is 5.32 Å². The highest BCUT2D eigenvalue weighted by Crippen LogP contribution is 2.25. The number of hydrogen-bond donors (Lipinski definition) is 1. The topological polar surface area (TPSA) is 42.7 Å². The number of aryl methyl sites for hydroxylation is 1. The largest absolute Gasteiger partial charge is 0.313 e. The zero-order valence-electron chi connectivity index (χ0n) is 10.2. The van der Waals surface area contributed by atoms with Gasteiger partial charge in [0.25, 0.3) is 0 Å². The van der Waals surface area contributed by atoms with Crippen LogP contribution in [-0.2, 0) is 13.5 Å². The lowest BCUT2D eigenvalue weighted by Gasteiger charge is -2.18. The molecular formula is C12H14ClIN4. The molecule has 0 aliphatic carbocycles. The summed E-state index contributed by atoms with van der Waals surface area (Å²) in [6.07, 6.45) is 2.36. The number of likely N-dealkylation sites (N-methyl/N-ethyl adjacent to an activating group) is 1. The standard InChI is InChI=1S/C12H14ClIN4/c1-15-11(6-12-16-7-17-18(12)2)9-5-8(13)3-4-10(9)14/h3-5,7,11,15H,6H2,1-2H3. The van der Waals surface area contributed by atoms with Crippen molar-refractivity contribution in [2.75, 3.05) is 7.05 Å². The van der Waals surface area contributed by atoms with E-state index in [0.29, 0.717) is 0 Å². The van der Waals surface area contributed by atoms with E-state index >= 15 is 0 Å². The maximum Gasteiger partial charge on any atom is 0.138 e. The fourth-order valence-corrected chi connectivity index (χ4v) is 2.73. The SMILES string of the molecule is CNC(Cc1ncnn1C)c1cc(Cl)ccc1I. The first-order valence-corrected chi connectivity index (χ1v) is 7.02. The second-order valence-electron chi connectivity index (χ2n) is 4.01. The molecule has 1 aromatic carbocycles. The van der Waals surface area contributed by atoms with Crippen molar-refractivity contribution in [3.8, 4) is 0 Å². The van der Waals surface area contributed by atoms with Gasteiger partial charge in [0.1, 0.15) is 12.2 Å². The van der Waals surface area contributed by atoms with Gasteiger partial charge in [-0.2, -0.15) is 5.10 Å². The molecule has 0 amide bonds. The van der Waals surface area contributed by atoms with E-state index in [1.54, 1.807) is 11.0 Å². The second kappa shape index (κ2) is 5.99. The highest BCUT2D eigenvalue weighted by Gasteiger charge is 2.16. The van der Waals surface area contributed by atoms with Gasteiger partial charge in [-0.05, 0) is 53.4 Å². The van der Waals surface area contributed by atoms with E-state index in [2.05, 4.69) is 38.0 Å². The fraction of sp³-hybridized carbons (Fsp3) is 0.333. The summed E-state index contributed by atoms with van der Waals surface area (Å²) in [6.45, 7) is 0. The summed E-state index contributed by atoms with van der Waals surface area (Å²) in [6, 6.07) is 6.11. The molecule has 0 spiro atoms. The van der Waals surface area contributed by atoms with Gasteiger partial charge in [0.15, 0.2) is 0 Å². The molecule has 0 radical (unpaired) electrons. The molecule has 4 nitrogen and oxygen atoms in total. The Balaban J connectivity index is 2.28. The van der Waals surface area contributed by atoms with Crippen molar-refractivity contribution in [2.24, 2.45) is 7.05 Å². The van der Waals surface area contributed by atoms with Crippen molar-refractivity contribution >= 4 is 34.2 Å². The predicted octanol–water partition coefficient (Wildman–Crippen LogP) is 2.58. The van der Waals surface area contributed by atoms with E-state index in [1.807, 2.05) is 32.3 Å². The van der Waals surface area contributed by atoms with Crippen molar-refractivity contribution < 1.29 is 0 Å². The maximum atomic E-state index is 6.07. The molecule has 1 atom stereocenters. The van der Waals surface area contributed by atoms with Crippen LogP contribution in [0.15, 0.2) is 24.5 Å². The highest BCUT2D eigenvalue weighted by molar-refractivity contribution is 14.1. The molecule has 0 aliphatic rings. The van der Waals surface area contributed by atoms with Crippen LogP contribution < -0.4 is 5.32 Å². The molecule has 96 valence electrons. The fourth-order valence-electron chi connectivity index (χ4n) is 1.84. The summed E-state index contributed by atoms with van der Waals surface area (Å²) in [5, 5.41) is 8.15. The van der Waals surface area contributed by atoms with Gasteiger partial charge in [-0.3, -0.25) is 4.68 Å². The van der Waals surface area contributed by atoms with Crippen LogP contribution in [0.4, 0.5) is 0 Å². The number of nitrogens with zero attached hydrogens (tertiary/aromatic N) is 3. The van der Waals surface area contributed by atoms with Crippen LogP contribution in [-0.4, -0.2) is 21.8 Å². The van der Waals surface area contributed by atoms with Crippen molar-refractivity contribution in [1.29, 1.82) is 0 Å². The molecule has 0 aliphatic heterocycles. The lowest BCUT2D eigenvalue weighted by molar-refractivity contribution is 0.551. The van der Waals surface area contributed by atoms with Crippen molar-refractivity contribution in [3.05, 3.63) is 44.5 Å². The Hall–Kier alpha value is -0.660. The molecule has 2 rings (SSSR count). The molecule has 1 unspecified atom stereocenters. The Morgan fingerprint density at radius 3 is 2.89 bits per heavy atom. The number of hydrogen-bond acceptors (Lipinski definition) is 3. The number of nitrogens with one attached hydrogen (secondary N) is 1. The highest BCUT2D eigenvalue weighted by atomic mass is 127. The Labute approximate surface area is 125 Å². The van der Waals surface area contributed by atoms with Gasteiger partial charge >= 0.3 is 0 Å². The molecule has 0 bridgehead atoms. The summed E-state index contributed by atoms with van der Waals surface area (Å²) >= 11 is 8.39. The van der Waals surface area contributed by atoms with Crippen LogP contribution >= 0.6 is 34.2 Å². The van der Waals surface area contributed by atoms with Crippen molar-refractivity contribution in [1.82, 2.24) is 20.1 Å². The third-order valence-corrected chi connectivity index (χ3v) is 4.09. The van der Waals surface area contributed by atoms with Crippen LogP contribution in [0.25, 0.3) is 0 Å². The van der Waals surface area contributed by atoms with Crippen LogP contribution in [0.1, 0.15) is 17.4 Å². The smallest absolute Gasteiger partial charge is 0.138 e. The molecule has 2 aromatic rings. The minimum atomic E-state index is 0.179. The Bertz CT molecular complexity index is 541. The summed E-state index contributed by atoms with van der Waals surface area (Å²) in [5.74, 6) is 0.949. The van der Waals surface area contributed by atoms with Crippen LogP contribution in [0.2, 0.25) is 5.02 Å². The molecule has 1 N–H and O–H groups in total. The average Bonchev–Trinajstić information content (AvgIpc) is 2.75. The molecule has 0 fully saturated rings. The maximum absolute atomic E-state index is 6.07. The van der Waals surface area contributed by atoms with Crippen LogP contribution in [0.3, 0.4) is 0 Å². The summed E-state index contributed by atoms with van der Waals surface area (Å²) in [5.41, 5.74) is 1.19. The number of benzene rings is 1. The molecule has 1 heterocycles. The number of halogens is 2. The van der Waals surface area contributed by atoms with E-state index in [4.69, 9.17) is 11.6 Å². The van der Waals surface area contributed by atoms with Gasteiger partial charge in [0.2, 0.25) is 0 Å². The first-order valence-electron chi connectivity index (χ1n) is 5.57. The number of rotatable bonds is 4. The first-order chi connectivity index (χ1) is 8.61. The molecule has 6 heteroatoms. The quantitative estimate of drug-likeness (QED) is 0.834. The van der Waals surface area contributed by atoms with Crippen LogP contribution in [0.5, 0.6) is 0 Å². The van der Waals surface area contributed by atoms with Crippen molar-refractivity contribution in [2.45, 2.75) is 12.5 Å². The average molecular weight is 377 g/mol. The first kappa shape index (κ1) is 13.8. The van der Waals surface area contributed by atoms with E-state index in [9.17, 15) is 0 Å². The molecule has 0 saturated heterocycles.